The molecule has 102 valence electrons. The Morgan fingerprint density at radius 1 is 1.44 bits per heavy atom. The molecule has 7 nitrogen and oxygen atoms in total. The maximum absolute atomic E-state index is 10.6. The molecule has 2 rings (SSSR count). The Balaban J connectivity index is 0.00000162. The summed E-state index contributed by atoms with van der Waals surface area (Å²) in [6.07, 6.45) is 2.36. The first kappa shape index (κ1) is 14.8. The lowest BCUT2D eigenvalue weighted by atomic mass is 9.99. The second kappa shape index (κ2) is 6.65. The van der Waals surface area contributed by atoms with Gasteiger partial charge in [0, 0.05) is 0 Å². The van der Waals surface area contributed by atoms with Gasteiger partial charge in [-0.3, -0.25) is 9.69 Å². The van der Waals surface area contributed by atoms with Gasteiger partial charge in [0.05, 0.1) is 6.54 Å². The molecule has 1 aromatic heterocycles. The minimum atomic E-state index is -0.925. The second-order valence-electron chi connectivity index (χ2n) is 4.61. The zero-order valence-electron chi connectivity index (χ0n) is 10.3. The molecule has 0 radical (unpaired) electrons. The molecule has 0 bridgehead atoms. The molecule has 0 amide bonds. The van der Waals surface area contributed by atoms with Crippen LogP contribution in [0.25, 0.3) is 0 Å². The topological polar surface area (TPSA) is 84.1 Å². The van der Waals surface area contributed by atoms with Crippen LogP contribution in [0.5, 0.6) is 0 Å². The van der Waals surface area contributed by atoms with Crippen molar-refractivity contribution in [3.8, 4) is 0 Å². The number of rotatable bonds is 4. The van der Waals surface area contributed by atoms with Gasteiger partial charge in [-0.15, -0.1) is 17.5 Å². The van der Waals surface area contributed by atoms with Crippen LogP contribution in [-0.4, -0.2) is 49.3 Å². The first-order valence-electron chi connectivity index (χ1n) is 5.84. The lowest BCUT2D eigenvalue weighted by Crippen LogP contribution is -2.33. The molecule has 0 aliphatic carbocycles. The van der Waals surface area contributed by atoms with E-state index in [0.717, 1.165) is 19.0 Å². The molecule has 1 N–H and O–H groups in total. The fourth-order valence-corrected chi connectivity index (χ4v) is 2.01. The third kappa shape index (κ3) is 3.92. The number of hydrogen-bond donors (Lipinski definition) is 1. The van der Waals surface area contributed by atoms with Gasteiger partial charge in [-0.1, -0.05) is 6.92 Å². The minimum Gasteiger partial charge on any atom is -0.480 e. The van der Waals surface area contributed by atoms with Crippen LogP contribution < -0.4 is 0 Å². The molecule has 8 heteroatoms. The zero-order chi connectivity index (χ0) is 12.3. The van der Waals surface area contributed by atoms with Gasteiger partial charge < -0.3 is 5.11 Å². The van der Waals surface area contributed by atoms with Gasteiger partial charge in [-0.2, -0.15) is 0 Å². The van der Waals surface area contributed by atoms with Crippen molar-refractivity contribution in [1.82, 2.24) is 25.1 Å². The minimum absolute atomic E-state index is 0. The van der Waals surface area contributed by atoms with Gasteiger partial charge in [0.25, 0.3) is 0 Å². The molecular formula is C10H18ClN5O2. The average molecular weight is 276 g/mol. The van der Waals surface area contributed by atoms with Crippen LogP contribution in [-0.2, 0) is 17.9 Å². The van der Waals surface area contributed by atoms with Crippen molar-refractivity contribution in [2.75, 3.05) is 13.1 Å². The Labute approximate surface area is 112 Å². The van der Waals surface area contributed by atoms with Crippen molar-refractivity contribution in [3.63, 3.8) is 0 Å². The van der Waals surface area contributed by atoms with Crippen LogP contribution in [0.1, 0.15) is 25.6 Å². The van der Waals surface area contributed by atoms with Crippen molar-refractivity contribution in [3.05, 3.63) is 5.82 Å². The highest BCUT2D eigenvalue weighted by Crippen LogP contribution is 2.17. The van der Waals surface area contributed by atoms with E-state index in [1.54, 1.807) is 0 Å². The standard InChI is InChI=1S/C10H17N5O2.ClH/c1-8-2-4-14(5-3-8)6-9-11-12-13-15(9)7-10(16)17;/h8H,2-7H2,1H3,(H,16,17);1H. The summed E-state index contributed by atoms with van der Waals surface area (Å²) in [7, 11) is 0. The molecule has 1 aliphatic rings. The number of nitrogens with zero attached hydrogens (tertiary/aromatic N) is 5. The number of carboxylic acids is 1. The Hall–Kier alpha value is -1.21. The zero-order valence-corrected chi connectivity index (χ0v) is 11.1. The molecule has 18 heavy (non-hydrogen) atoms. The van der Waals surface area contributed by atoms with E-state index in [4.69, 9.17) is 5.11 Å². The number of aliphatic carboxylic acids is 1. The molecule has 0 saturated carbocycles. The van der Waals surface area contributed by atoms with Crippen LogP contribution >= 0.6 is 12.4 Å². The van der Waals surface area contributed by atoms with Crippen LogP contribution in [0.3, 0.4) is 0 Å². The van der Waals surface area contributed by atoms with Crippen molar-refractivity contribution in [1.29, 1.82) is 0 Å². The van der Waals surface area contributed by atoms with Gasteiger partial charge in [0.1, 0.15) is 6.54 Å². The highest BCUT2D eigenvalue weighted by atomic mass is 35.5. The maximum atomic E-state index is 10.6. The summed E-state index contributed by atoms with van der Waals surface area (Å²) in [5, 5.41) is 19.8. The van der Waals surface area contributed by atoms with E-state index in [0.29, 0.717) is 12.4 Å². The van der Waals surface area contributed by atoms with E-state index in [1.165, 1.54) is 17.5 Å². The summed E-state index contributed by atoms with van der Waals surface area (Å²) in [5.74, 6) is 0.481. The molecule has 0 spiro atoms. The smallest absolute Gasteiger partial charge is 0.325 e. The van der Waals surface area contributed by atoms with Crippen molar-refractivity contribution in [2.24, 2.45) is 5.92 Å². The molecular weight excluding hydrogens is 258 g/mol. The number of tetrazole rings is 1. The molecule has 1 aliphatic heterocycles. The Morgan fingerprint density at radius 2 is 2.11 bits per heavy atom. The molecule has 1 aromatic rings. The summed E-state index contributed by atoms with van der Waals surface area (Å²) >= 11 is 0. The first-order chi connectivity index (χ1) is 8.15. The second-order valence-corrected chi connectivity index (χ2v) is 4.61. The molecule has 2 heterocycles. The summed E-state index contributed by atoms with van der Waals surface area (Å²) < 4.78 is 1.35. The SMILES string of the molecule is CC1CCN(Cc2nnnn2CC(=O)O)CC1.Cl. The normalized spacial score (nSPS) is 17.4. The number of carboxylic acid groups (broad SMARTS) is 1. The monoisotopic (exact) mass is 275 g/mol. The van der Waals surface area contributed by atoms with Crippen LogP contribution in [0.15, 0.2) is 0 Å². The molecule has 1 fully saturated rings. The lowest BCUT2D eigenvalue weighted by molar-refractivity contribution is -0.138. The Bertz CT molecular complexity index is 389. The molecule has 0 atom stereocenters. The highest BCUT2D eigenvalue weighted by molar-refractivity contribution is 5.85. The fourth-order valence-electron chi connectivity index (χ4n) is 2.01. The fraction of sp³-hybridized carbons (Fsp3) is 0.800. The number of piperidine rings is 1. The summed E-state index contributed by atoms with van der Waals surface area (Å²) in [4.78, 5) is 12.9. The number of halogens is 1. The average Bonchev–Trinajstić information content (AvgIpc) is 2.68. The Kier molecular flexibility index (Phi) is 5.49. The number of hydrogen-bond acceptors (Lipinski definition) is 5. The van der Waals surface area contributed by atoms with Crippen molar-refractivity contribution < 1.29 is 9.90 Å². The third-order valence-electron chi connectivity index (χ3n) is 3.13. The van der Waals surface area contributed by atoms with Gasteiger partial charge in [-0.25, -0.2) is 4.68 Å². The van der Waals surface area contributed by atoms with E-state index < -0.39 is 5.97 Å². The van der Waals surface area contributed by atoms with Crippen LogP contribution in [0.4, 0.5) is 0 Å². The lowest BCUT2D eigenvalue weighted by Gasteiger charge is -2.29. The van der Waals surface area contributed by atoms with Gasteiger partial charge in [-0.05, 0) is 42.3 Å². The first-order valence-corrected chi connectivity index (χ1v) is 5.84. The maximum Gasteiger partial charge on any atom is 0.325 e. The van der Waals surface area contributed by atoms with Crippen molar-refractivity contribution in [2.45, 2.75) is 32.9 Å². The summed E-state index contributed by atoms with van der Waals surface area (Å²) in [6, 6.07) is 0. The van der Waals surface area contributed by atoms with Gasteiger partial charge >= 0.3 is 5.97 Å². The number of aromatic nitrogens is 4. The van der Waals surface area contributed by atoms with Crippen molar-refractivity contribution >= 4 is 18.4 Å². The van der Waals surface area contributed by atoms with Gasteiger partial charge in [0.2, 0.25) is 0 Å². The summed E-state index contributed by atoms with van der Waals surface area (Å²) in [6.45, 7) is 4.77. The summed E-state index contributed by atoms with van der Waals surface area (Å²) in [5.41, 5.74) is 0. The number of likely N-dealkylation sites (tertiary alicyclic amines) is 1. The van der Waals surface area contributed by atoms with Crippen LogP contribution in [0, 0.1) is 5.92 Å². The Morgan fingerprint density at radius 3 is 2.72 bits per heavy atom. The van der Waals surface area contributed by atoms with E-state index in [1.807, 2.05) is 0 Å². The third-order valence-corrected chi connectivity index (χ3v) is 3.13. The predicted molar refractivity (Wildman–Crippen MR) is 66.4 cm³/mol. The molecule has 1 saturated heterocycles. The highest BCUT2D eigenvalue weighted by Gasteiger charge is 2.18. The van der Waals surface area contributed by atoms with E-state index in [9.17, 15) is 4.79 Å². The van der Waals surface area contributed by atoms with E-state index in [-0.39, 0.29) is 19.0 Å². The number of carbonyl (C=O) groups is 1. The van der Waals surface area contributed by atoms with E-state index >= 15 is 0 Å². The molecule has 0 aromatic carbocycles. The largest absolute Gasteiger partial charge is 0.480 e. The predicted octanol–water partition coefficient (Wildman–Crippen LogP) is 0.411. The molecule has 0 unspecified atom stereocenters. The quantitative estimate of drug-likeness (QED) is 0.857. The van der Waals surface area contributed by atoms with Crippen LogP contribution in [0.2, 0.25) is 0 Å². The van der Waals surface area contributed by atoms with Gasteiger partial charge in [0.15, 0.2) is 5.82 Å². The van der Waals surface area contributed by atoms with E-state index in [2.05, 4.69) is 27.3 Å².